The minimum Gasteiger partial charge on any atom is -0.335 e. The Balaban J connectivity index is 1.61. The van der Waals surface area contributed by atoms with E-state index in [0.29, 0.717) is 12.6 Å². The van der Waals surface area contributed by atoms with Crippen LogP contribution >= 0.6 is 11.3 Å². The largest absolute Gasteiger partial charge is 0.335 e. The molecule has 5 nitrogen and oxygen atoms in total. The summed E-state index contributed by atoms with van der Waals surface area (Å²) in [6.45, 7) is 3.99. The van der Waals surface area contributed by atoms with Crippen molar-refractivity contribution < 1.29 is 9.59 Å². The topological polar surface area (TPSA) is 43.9 Å². The van der Waals surface area contributed by atoms with Crippen LogP contribution in [0.25, 0.3) is 0 Å². The van der Waals surface area contributed by atoms with E-state index in [0.717, 1.165) is 32.4 Å². The zero-order valence-electron chi connectivity index (χ0n) is 14.1. The fraction of sp³-hybridized carbons (Fsp3) is 0.647. The number of urea groups is 1. The Bertz CT molecular complexity index is 577. The molecule has 1 aliphatic heterocycles. The number of thiophene rings is 1. The van der Waals surface area contributed by atoms with E-state index in [1.807, 2.05) is 9.80 Å². The predicted octanol–water partition coefficient (Wildman–Crippen LogP) is 2.63. The van der Waals surface area contributed by atoms with Crippen LogP contribution in [0.5, 0.6) is 0 Å². The number of likely N-dealkylation sites (tertiary alicyclic amines) is 1. The van der Waals surface area contributed by atoms with Gasteiger partial charge >= 0.3 is 6.03 Å². The number of nitrogens with zero attached hydrogens (tertiary/aromatic N) is 3. The third-order valence-electron chi connectivity index (χ3n) is 5.27. The van der Waals surface area contributed by atoms with Gasteiger partial charge in [-0.05, 0) is 47.1 Å². The maximum Gasteiger partial charge on any atom is 0.319 e. The van der Waals surface area contributed by atoms with Gasteiger partial charge in [0.15, 0.2) is 0 Å². The first-order valence-corrected chi connectivity index (χ1v) is 9.12. The number of amides is 3. The first kappa shape index (κ1) is 16.3. The Hall–Kier alpha value is -1.56. The zero-order valence-corrected chi connectivity index (χ0v) is 14.9. The lowest BCUT2D eigenvalue weighted by atomic mass is 9.92. The highest BCUT2D eigenvalue weighted by Crippen LogP contribution is 2.57. The summed E-state index contributed by atoms with van der Waals surface area (Å²) in [5.74, 6) is 0.157. The van der Waals surface area contributed by atoms with E-state index in [-0.39, 0.29) is 17.4 Å². The number of hydrogen-bond acceptors (Lipinski definition) is 3. The van der Waals surface area contributed by atoms with Crippen molar-refractivity contribution in [2.75, 3.05) is 27.2 Å². The third kappa shape index (κ3) is 3.22. The second-order valence-corrected chi connectivity index (χ2v) is 7.80. The highest BCUT2D eigenvalue weighted by Gasteiger charge is 2.58. The molecule has 1 spiro atoms. The van der Waals surface area contributed by atoms with Gasteiger partial charge in [-0.1, -0.05) is 0 Å². The summed E-state index contributed by atoms with van der Waals surface area (Å²) in [4.78, 5) is 29.8. The molecule has 3 amide bonds. The summed E-state index contributed by atoms with van der Waals surface area (Å²) in [5, 5.41) is 4.17. The summed E-state index contributed by atoms with van der Waals surface area (Å²) in [6, 6.07) is 2.53. The van der Waals surface area contributed by atoms with Crippen molar-refractivity contribution in [1.29, 1.82) is 0 Å². The Morgan fingerprint density at radius 2 is 2.04 bits per heavy atom. The third-order valence-corrected chi connectivity index (χ3v) is 6.00. The molecule has 0 N–H and O–H groups in total. The van der Waals surface area contributed by atoms with Crippen molar-refractivity contribution in [3.8, 4) is 0 Å². The summed E-state index contributed by atoms with van der Waals surface area (Å²) in [7, 11) is 3.59. The van der Waals surface area contributed by atoms with Crippen LogP contribution < -0.4 is 0 Å². The minimum atomic E-state index is 0.0961. The van der Waals surface area contributed by atoms with E-state index in [1.165, 1.54) is 5.56 Å². The Morgan fingerprint density at radius 1 is 1.35 bits per heavy atom. The van der Waals surface area contributed by atoms with Gasteiger partial charge in [-0.15, -0.1) is 0 Å². The van der Waals surface area contributed by atoms with E-state index >= 15 is 0 Å². The normalized spacial score (nSPS) is 22.0. The highest BCUT2D eigenvalue weighted by molar-refractivity contribution is 7.07. The maximum absolute atomic E-state index is 12.1. The van der Waals surface area contributed by atoms with Gasteiger partial charge in [0.25, 0.3) is 0 Å². The molecule has 2 aliphatic rings. The Labute approximate surface area is 141 Å². The van der Waals surface area contributed by atoms with Crippen molar-refractivity contribution >= 4 is 23.3 Å². The molecule has 2 heterocycles. The van der Waals surface area contributed by atoms with Gasteiger partial charge in [-0.3, -0.25) is 4.79 Å². The van der Waals surface area contributed by atoms with E-state index in [1.54, 1.807) is 37.3 Å². The number of rotatable bonds is 3. The van der Waals surface area contributed by atoms with Gasteiger partial charge in [-0.25, -0.2) is 4.79 Å². The zero-order chi connectivity index (χ0) is 16.6. The van der Waals surface area contributed by atoms with E-state index in [9.17, 15) is 9.59 Å². The summed E-state index contributed by atoms with van der Waals surface area (Å²) in [6.07, 6.45) is 3.09. The quantitative estimate of drug-likeness (QED) is 0.852. The molecule has 0 radical (unpaired) electrons. The molecule has 1 saturated carbocycles. The molecule has 126 valence electrons. The van der Waals surface area contributed by atoms with E-state index in [2.05, 4.69) is 16.8 Å². The van der Waals surface area contributed by atoms with Crippen LogP contribution in [0, 0.1) is 5.41 Å². The molecule has 0 bridgehead atoms. The fourth-order valence-corrected chi connectivity index (χ4v) is 4.41. The molecule has 1 atom stereocenters. The van der Waals surface area contributed by atoms with Crippen LogP contribution in [0.1, 0.15) is 31.7 Å². The molecule has 1 unspecified atom stereocenters. The molecule has 6 heteroatoms. The van der Waals surface area contributed by atoms with E-state index < -0.39 is 0 Å². The highest BCUT2D eigenvalue weighted by atomic mass is 32.1. The molecule has 0 aromatic carbocycles. The summed E-state index contributed by atoms with van der Waals surface area (Å²) >= 11 is 1.67. The molecule has 1 aromatic heterocycles. The van der Waals surface area contributed by atoms with Gasteiger partial charge in [0.1, 0.15) is 0 Å². The number of carbonyl (C=O) groups is 2. The summed E-state index contributed by atoms with van der Waals surface area (Å²) < 4.78 is 0. The van der Waals surface area contributed by atoms with Crippen LogP contribution in [0.2, 0.25) is 0 Å². The smallest absolute Gasteiger partial charge is 0.319 e. The number of carbonyl (C=O) groups excluding carboxylic acids is 2. The van der Waals surface area contributed by atoms with Crippen LogP contribution in [0.15, 0.2) is 16.8 Å². The van der Waals surface area contributed by atoms with E-state index in [4.69, 9.17) is 0 Å². The van der Waals surface area contributed by atoms with Gasteiger partial charge in [0, 0.05) is 46.7 Å². The molecule has 1 aromatic rings. The average Bonchev–Trinajstić information content (AvgIpc) is 2.96. The van der Waals surface area contributed by atoms with Crippen molar-refractivity contribution in [2.24, 2.45) is 5.41 Å². The molecule has 3 rings (SSSR count). The number of hydrogen-bond donors (Lipinski definition) is 0. The van der Waals surface area contributed by atoms with Crippen LogP contribution in [0.3, 0.4) is 0 Å². The van der Waals surface area contributed by atoms with Crippen LogP contribution in [-0.2, 0) is 11.3 Å². The second-order valence-electron chi connectivity index (χ2n) is 7.02. The monoisotopic (exact) mass is 335 g/mol. The lowest BCUT2D eigenvalue weighted by Crippen LogP contribution is -2.46. The lowest BCUT2D eigenvalue weighted by Gasteiger charge is -2.35. The fourth-order valence-electron chi connectivity index (χ4n) is 3.75. The molecule has 1 saturated heterocycles. The molecule has 23 heavy (non-hydrogen) atoms. The van der Waals surface area contributed by atoms with Crippen molar-refractivity contribution in [1.82, 2.24) is 14.7 Å². The Morgan fingerprint density at radius 3 is 2.57 bits per heavy atom. The molecular weight excluding hydrogens is 310 g/mol. The number of piperidine rings is 1. The van der Waals surface area contributed by atoms with Gasteiger partial charge in [0.2, 0.25) is 5.91 Å². The van der Waals surface area contributed by atoms with Crippen molar-refractivity contribution in [3.05, 3.63) is 22.4 Å². The van der Waals surface area contributed by atoms with Gasteiger partial charge in [-0.2, -0.15) is 11.3 Å². The van der Waals surface area contributed by atoms with Crippen LogP contribution in [0.4, 0.5) is 4.79 Å². The lowest BCUT2D eigenvalue weighted by molar-refractivity contribution is -0.130. The second kappa shape index (κ2) is 6.15. The molecule has 1 aliphatic carbocycles. The first-order chi connectivity index (χ1) is 10.9. The van der Waals surface area contributed by atoms with Crippen molar-refractivity contribution in [3.63, 3.8) is 0 Å². The average molecular weight is 335 g/mol. The van der Waals surface area contributed by atoms with Crippen LogP contribution in [-0.4, -0.2) is 59.9 Å². The Kier molecular flexibility index (Phi) is 4.36. The maximum atomic E-state index is 12.1. The minimum absolute atomic E-state index is 0.0961. The first-order valence-electron chi connectivity index (χ1n) is 8.17. The van der Waals surface area contributed by atoms with Crippen molar-refractivity contribution in [2.45, 2.75) is 38.8 Å². The SMILES string of the molecule is CC(=O)N(Cc1ccsc1)C1CC12CCN(C(=O)N(C)C)CC2. The molecular formula is C17H25N3O2S. The van der Waals surface area contributed by atoms with Gasteiger partial charge < -0.3 is 14.7 Å². The molecule has 2 fully saturated rings. The summed E-state index contributed by atoms with van der Waals surface area (Å²) in [5.41, 5.74) is 1.46. The standard InChI is InChI=1S/C17H25N3O2S/c1-13(21)20(11-14-4-9-23-12-14)15-10-17(15)5-7-19(8-6-17)16(22)18(2)3/h4,9,12,15H,5-8,10-11H2,1-3H3. The predicted molar refractivity (Wildman–Crippen MR) is 91.3 cm³/mol. The van der Waals surface area contributed by atoms with Gasteiger partial charge in [0.05, 0.1) is 0 Å².